The lowest BCUT2D eigenvalue weighted by molar-refractivity contribution is -0.142. The summed E-state index contributed by atoms with van der Waals surface area (Å²) in [5.41, 5.74) is 0. The molecule has 94 valence electrons. The van der Waals surface area contributed by atoms with Gasteiger partial charge in [0.25, 0.3) is 10.2 Å². The van der Waals surface area contributed by atoms with Gasteiger partial charge in [-0.1, -0.05) is 0 Å². The maximum Gasteiger partial charge on any atom is 0.307 e. The number of rotatable bonds is 4. The van der Waals surface area contributed by atoms with Crippen LogP contribution in [0.5, 0.6) is 0 Å². The van der Waals surface area contributed by atoms with Crippen LogP contribution < -0.4 is 4.83 Å². The second kappa shape index (κ2) is 5.09. The minimum Gasteiger partial charge on any atom is -0.481 e. The van der Waals surface area contributed by atoms with E-state index in [1.54, 1.807) is 14.1 Å². The highest BCUT2D eigenvalue weighted by molar-refractivity contribution is 7.87. The molecule has 0 radical (unpaired) electrons. The summed E-state index contributed by atoms with van der Waals surface area (Å²) in [6.45, 7) is 0.408. The van der Waals surface area contributed by atoms with Gasteiger partial charge in [0.1, 0.15) is 0 Å². The third-order valence-electron chi connectivity index (χ3n) is 2.37. The second-order valence-corrected chi connectivity index (χ2v) is 5.68. The Labute approximate surface area is 95.2 Å². The molecule has 7 nitrogen and oxygen atoms in total. The lowest BCUT2D eigenvalue weighted by Crippen LogP contribution is -2.50. The fraction of sp³-hybridized carbons (Fsp3) is 0.875. The van der Waals surface area contributed by atoms with Gasteiger partial charge in [0.05, 0.1) is 5.92 Å². The minimum atomic E-state index is -3.60. The normalized spacial score (nSPS) is 23.6. The molecular weight excluding hydrogens is 234 g/mol. The molecule has 1 heterocycles. The predicted octanol–water partition coefficient (Wildman–Crippen LogP) is -0.906. The summed E-state index contributed by atoms with van der Waals surface area (Å²) in [6.07, 6.45) is 1.11. The number of nitrogens with one attached hydrogen (secondary N) is 1. The molecule has 1 fully saturated rings. The molecule has 1 unspecified atom stereocenters. The molecule has 0 bridgehead atoms. The molecule has 0 aliphatic carbocycles. The number of carboxylic acids is 1. The highest BCUT2D eigenvalue weighted by atomic mass is 32.2. The number of aliphatic carboxylic acids is 1. The highest BCUT2D eigenvalue weighted by Crippen LogP contribution is 2.18. The molecule has 1 saturated heterocycles. The van der Waals surface area contributed by atoms with Crippen molar-refractivity contribution in [2.75, 3.05) is 27.2 Å². The van der Waals surface area contributed by atoms with Crippen molar-refractivity contribution in [3.05, 3.63) is 0 Å². The maximum absolute atomic E-state index is 11.7. The predicted molar refractivity (Wildman–Crippen MR) is 57.7 cm³/mol. The van der Waals surface area contributed by atoms with Gasteiger partial charge in [-0.15, -0.1) is 4.83 Å². The monoisotopic (exact) mass is 251 g/mol. The van der Waals surface area contributed by atoms with E-state index >= 15 is 0 Å². The molecule has 2 N–H and O–H groups in total. The molecule has 0 amide bonds. The van der Waals surface area contributed by atoms with E-state index in [2.05, 4.69) is 4.83 Å². The highest BCUT2D eigenvalue weighted by Gasteiger charge is 2.32. The van der Waals surface area contributed by atoms with E-state index in [-0.39, 0.29) is 6.54 Å². The standard InChI is InChI=1S/C8H17N3O4S/c1-10(2)9-16(14,15)11-5-3-4-7(6-11)8(12)13/h7,9H,3-6H2,1-2H3,(H,12,13). The van der Waals surface area contributed by atoms with E-state index in [1.807, 2.05) is 0 Å². The Morgan fingerprint density at radius 3 is 2.62 bits per heavy atom. The summed E-state index contributed by atoms with van der Waals surface area (Å²) in [5, 5.41) is 10.2. The summed E-state index contributed by atoms with van der Waals surface area (Å²) in [6, 6.07) is 0. The Hall–Kier alpha value is -0.700. The number of carbonyl (C=O) groups is 1. The molecule has 1 aliphatic heterocycles. The molecule has 0 aromatic heterocycles. The maximum atomic E-state index is 11.7. The average molecular weight is 251 g/mol. The first-order valence-electron chi connectivity index (χ1n) is 5.00. The Bertz CT molecular complexity index is 354. The number of hydrogen-bond acceptors (Lipinski definition) is 4. The molecule has 0 spiro atoms. The number of hydrazine groups is 1. The van der Waals surface area contributed by atoms with Gasteiger partial charge in [-0.25, -0.2) is 5.01 Å². The van der Waals surface area contributed by atoms with E-state index < -0.39 is 22.1 Å². The summed E-state index contributed by atoms with van der Waals surface area (Å²) >= 11 is 0. The zero-order valence-corrected chi connectivity index (χ0v) is 10.2. The number of piperidine rings is 1. The second-order valence-electron chi connectivity index (χ2n) is 4.03. The van der Waals surface area contributed by atoms with E-state index in [4.69, 9.17) is 5.11 Å². The van der Waals surface area contributed by atoms with Crippen LogP contribution >= 0.6 is 0 Å². The van der Waals surface area contributed by atoms with Gasteiger partial charge in [-0.3, -0.25) is 4.79 Å². The molecule has 1 atom stereocenters. The van der Waals surface area contributed by atoms with Crippen LogP contribution in [0, 0.1) is 5.92 Å². The zero-order valence-electron chi connectivity index (χ0n) is 9.38. The molecule has 0 aromatic rings. The van der Waals surface area contributed by atoms with Crippen molar-refractivity contribution in [2.24, 2.45) is 5.92 Å². The van der Waals surface area contributed by atoms with Crippen molar-refractivity contribution in [3.8, 4) is 0 Å². The number of hydrogen-bond donors (Lipinski definition) is 2. The largest absolute Gasteiger partial charge is 0.481 e. The van der Waals surface area contributed by atoms with Crippen LogP contribution in [-0.2, 0) is 15.0 Å². The van der Waals surface area contributed by atoms with Gasteiger partial charge in [-0.2, -0.15) is 12.7 Å². The molecule has 1 aliphatic rings. The van der Waals surface area contributed by atoms with Crippen molar-refractivity contribution in [3.63, 3.8) is 0 Å². The van der Waals surface area contributed by atoms with Crippen molar-refractivity contribution in [1.29, 1.82) is 0 Å². The van der Waals surface area contributed by atoms with Crippen LogP contribution in [-0.4, -0.2) is 56.0 Å². The van der Waals surface area contributed by atoms with Crippen LogP contribution in [0.25, 0.3) is 0 Å². The Balaban J connectivity index is 2.70. The summed E-state index contributed by atoms with van der Waals surface area (Å²) in [5.74, 6) is -1.54. The van der Waals surface area contributed by atoms with Gasteiger partial charge in [0, 0.05) is 27.2 Å². The molecule has 0 aromatic carbocycles. The van der Waals surface area contributed by atoms with Gasteiger partial charge in [-0.05, 0) is 12.8 Å². The fourth-order valence-electron chi connectivity index (χ4n) is 1.65. The van der Waals surface area contributed by atoms with Crippen LogP contribution in [0.4, 0.5) is 0 Å². The van der Waals surface area contributed by atoms with Gasteiger partial charge in [0.15, 0.2) is 0 Å². The molecule has 0 saturated carbocycles. The minimum absolute atomic E-state index is 0.0402. The fourth-order valence-corrected chi connectivity index (χ4v) is 2.97. The SMILES string of the molecule is CN(C)NS(=O)(=O)N1CCCC(C(=O)O)C1. The van der Waals surface area contributed by atoms with Crippen molar-refractivity contribution in [1.82, 2.24) is 14.1 Å². The Morgan fingerprint density at radius 2 is 2.12 bits per heavy atom. The Morgan fingerprint density at radius 1 is 1.50 bits per heavy atom. The molecule has 8 heteroatoms. The Kier molecular flexibility index (Phi) is 4.25. The van der Waals surface area contributed by atoms with E-state index in [0.29, 0.717) is 19.4 Å². The third-order valence-corrected chi connectivity index (χ3v) is 3.98. The van der Waals surface area contributed by atoms with Crippen LogP contribution in [0.1, 0.15) is 12.8 Å². The summed E-state index contributed by atoms with van der Waals surface area (Å²) in [4.78, 5) is 13.1. The smallest absolute Gasteiger partial charge is 0.307 e. The first kappa shape index (κ1) is 13.4. The van der Waals surface area contributed by atoms with Crippen LogP contribution in [0.15, 0.2) is 0 Å². The number of nitrogens with zero attached hydrogens (tertiary/aromatic N) is 2. The van der Waals surface area contributed by atoms with Gasteiger partial charge in [0.2, 0.25) is 0 Å². The first-order valence-corrected chi connectivity index (χ1v) is 6.44. The van der Waals surface area contributed by atoms with Crippen molar-refractivity contribution < 1.29 is 18.3 Å². The molecular formula is C8H17N3O4S. The van der Waals surface area contributed by atoms with Gasteiger partial charge >= 0.3 is 5.97 Å². The number of carboxylic acid groups (broad SMARTS) is 1. The van der Waals surface area contributed by atoms with Crippen molar-refractivity contribution >= 4 is 16.2 Å². The van der Waals surface area contributed by atoms with E-state index in [0.717, 1.165) is 0 Å². The van der Waals surface area contributed by atoms with Crippen LogP contribution in [0.3, 0.4) is 0 Å². The lowest BCUT2D eigenvalue weighted by Gasteiger charge is -2.30. The first-order chi connectivity index (χ1) is 7.33. The quantitative estimate of drug-likeness (QED) is 0.632. The zero-order chi connectivity index (χ0) is 12.3. The summed E-state index contributed by atoms with van der Waals surface area (Å²) < 4.78 is 24.7. The summed E-state index contributed by atoms with van der Waals surface area (Å²) in [7, 11) is -0.472. The molecule has 1 rings (SSSR count). The van der Waals surface area contributed by atoms with E-state index in [1.165, 1.54) is 9.31 Å². The third kappa shape index (κ3) is 3.41. The lowest BCUT2D eigenvalue weighted by atomic mass is 10.0. The van der Waals surface area contributed by atoms with Gasteiger partial charge < -0.3 is 5.11 Å². The van der Waals surface area contributed by atoms with E-state index in [9.17, 15) is 13.2 Å². The molecule has 16 heavy (non-hydrogen) atoms. The van der Waals surface area contributed by atoms with Crippen molar-refractivity contribution in [2.45, 2.75) is 12.8 Å². The topological polar surface area (TPSA) is 90.0 Å². The average Bonchev–Trinajstić information content (AvgIpc) is 2.16. The van der Waals surface area contributed by atoms with Crippen LogP contribution in [0.2, 0.25) is 0 Å².